The fourth-order valence-corrected chi connectivity index (χ4v) is 2.76. The average molecular weight is 320 g/mol. The number of halogens is 1. The second kappa shape index (κ2) is 8.01. The molecule has 0 heterocycles. The van der Waals surface area contributed by atoms with Gasteiger partial charge in [-0.1, -0.05) is 19.4 Å². The van der Waals surface area contributed by atoms with Crippen LogP contribution < -0.4 is 4.72 Å². The third kappa shape index (κ3) is 5.03. The molecule has 9 heteroatoms. The number of sulfonamides is 1. The summed E-state index contributed by atoms with van der Waals surface area (Å²) in [6, 6.07) is 2.93. The summed E-state index contributed by atoms with van der Waals surface area (Å²) >= 11 is 0. The van der Waals surface area contributed by atoms with Crippen LogP contribution in [0.2, 0.25) is 0 Å². The van der Waals surface area contributed by atoms with E-state index >= 15 is 0 Å². The number of unbranched alkanes of at least 4 members (excludes halogenated alkanes) is 1. The van der Waals surface area contributed by atoms with Crippen LogP contribution in [0.3, 0.4) is 0 Å². The third-order valence-corrected chi connectivity index (χ3v) is 4.10. The highest BCUT2D eigenvalue weighted by molar-refractivity contribution is 7.89. The molecule has 0 unspecified atom stereocenters. The van der Waals surface area contributed by atoms with Gasteiger partial charge in [0.05, 0.1) is 11.5 Å². The second-order valence-corrected chi connectivity index (χ2v) is 5.94. The highest BCUT2D eigenvalue weighted by atomic mass is 32.2. The van der Waals surface area contributed by atoms with Crippen molar-refractivity contribution in [3.8, 4) is 0 Å². The SMILES string of the molecule is CCCCOCCNS(=O)(=O)c1cccc(F)c1[N+](=O)[O-]. The van der Waals surface area contributed by atoms with E-state index in [1.165, 1.54) is 0 Å². The molecule has 0 atom stereocenters. The van der Waals surface area contributed by atoms with E-state index in [-0.39, 0.29) is 13.2 Å². The van der Waals surface area contributed by atoms with Gasteiger partial charge in [-0.05, 0) is 18.6 Å². The number of nitrogens with zero attached hydrogens (tertiary/aromatic N) is 1. The van der Waals surface area contributed by atoms with Gasteiger partial charge in [-0.25, -0.2) is 13.1 Å². The van der Waals surface area contributed by atoms with Crippen LogP contribution in [0, 0.1) is 15.9 Å². The van der Waals surface area contributed by atoms with E-state index in [4.69, 9.17) is 4.74 Å². The van der Waals surface area contributed by atoms with Gasteiger partial charge in [0.2, 0.25) is 15.8 Å². The van der Waals surface area contributed by atoms with Crippen LogP contribution in [-0.2, 0) is 14.8 Å². The molecule has 118 valence electrons. The Balaban J connectivity index is 2.75. The Labute approximate surface area is 122 Å². The molecule has 0 aromatic heterocycles. The smallest absolute Gasteiger partial charge is 0.324 e. The number of rotatable bonds is 9. The highest BCUT2D eigenvalue weighted by Crippen LogP contribution is 2.26. The minimum atomic E-state index is -4.16. The molecule has 0 fully saturated rings. The lowest BCUT2D eigenvalue weighted by atomic mass is 10.3. The first-order chi connectivity index (χ1) is 9.90. The standard InChI is InChI=1S/C12H17FN2O5S/c1-2-3-8-20-9-7-14-21(18,19)11-6-4-5-10(13)12(11)15(16)17/h4-6,14H,2-3,7-9H2,1H3. The molecule has 0 amide bonds. The molecule has 7 nitrogen and oxygen atoms in total. The largest absolute Gasteiger partial charge is 0.380 e. The molecule has 1 N–H and O–H groups in total. The van der Waals surface area contributed by atoms with Crippen LogP contribution in [0.1, 0.15) is 19.8 Å². The molecule has 1 aromatic rings. The third-order valence-electron chi connectivity index (χ3n) is 2.60. The Hall–Kier alpha value is -1.58. The maximum atomic E-state index is 13.4. The number of nitro groups is 1. The average Bonchev–Trinajstić information content (AvgIpc) is 2.42. The van der Waals surface area contributed by atoms with Gasteiger partial charge in [-0.15, -0.1) is 0 Å². The van der Waals surface area contributed by atoms with Gasteiger partial charge in [0.1, 0.15) is 0 Å². The van der Waals surface area contributed by atoms with E-state index in [1.807, 2.05) is 6.92 Å². The second-order valence-electron chi connectivity index (χ2n) is 4.21. The Morgan fingerprint density at radius 3 is 2.71 bits per heavy atom. The maximum absolute atomic E-state index is 13.4. The van der Waals surface area contributed by atoms with E-state index in [0.717, 1.165) is 31.0 Å². The van der Waals surface area contributed by atoms with E-state index in [2.05, 4.69) is 4.72 Å². The Bertz CT molecular complexity index is 591. The van der Waals surface area contributed by atoms with E-state index in [1.54, 1.807) is 0 Å². The van der Waals surface area contributed by atoms with Crippen LogP contribution >= 0.6 is 0 Å². The molecular weight excluding hydrogens is 303 g/mol. The Morgan fingerprint density at radius 2 is 2.10 bits per heavy atom. The summed E-state index contributed by atoms with van der Waals surface area (Å²) in [5.74, 6) is -1.19. The normalized spacial score (nSPS) is 11.5. The Morgan fingerprint density at radius 1 is 1.38 bits per heavy atom. The van der Waals surface area contributed by atoms with Gasteiger partial charge in [0, 0.05) is 13.2 Å². The van der Waals surface area contributed by atoms with Gasteiger partial charge in [-0.3, -0.25) is 10.1 Å². The monoisotopic (exact) mass is 320 g/mol. The van der Waals surface area contributed by atoms with Gasteiger partial charge in [0.25, 0.3) is 0 Å². The quantitative estimate of drug-likeness (QED) is 0.425. The molecule has 1 aromatic carbocycles. The van der Waals surface area contributed by atoms with E-state index < -0.39 is 31.3 Å². The summed E-state index contributed by atoms with van der Waals surface area (Å²) < 4.78 is 44.6. The van der Waals surface area contributed by atoms with Crippen LogP contribution in [-0.4, -0.2) is 33.1 Å². The summed E-state index contributed by atoms with van der Waals surface area (Å²) in [7, 11) is -4.16. The summed E-state index contributed by atoms with van der Waals surface area (Å²) in [6.45, 7) is 2.61. The lowest BCUT2D eigenvalue weighted by Gasteiger charge is -2.08. The van der Waals surface area contributed by atoms with Gasteiger partial charge in [0.15, 0.2) is 4.90 Å². The minimum Gasteiger partial charge on any atom is -0.380 e. The van der Waals surface area contributed by atoms with Crippen LogP contribution in [0.4, 0.5) is 10.1 Å². The molecule has 1 rings (SSSR count). The zero-order valence-electron chi connectivity index (χ0n) is 11.5. The fraction of sp³-hybridized carbons (Fsp3) is 0.500. The van der Waals surface area contributed by atoms with Crippen molar-refractivity contribution in [2.45, 2.75) is 24.7 Å². The maximum Gasteiger partial charge on any atom is 0.324 e. The van der Waals surface area contributed by atoms with Gasteiger partial charge >= 0.3 is 5.69 Å². The van der Waals surface area contributed by atoms with E-state index in [9.17, 15) is 22.9 Å². The summed E-state index contributed by atoms with van der Waals surface area (Å²) in [4.78, 5) is 9.04. The molecule has 0 aliphatic rings. The van der Waals surface area contributed by atoms with Crippen LogP contribution in [0.25, 0.3) is 0 Å². The predicted molar refractivity (Wildman–Crippen MR) is 74.0 cm³/mol. The number of nitro benzene ring substituents is 1. The first kappa shape index (κ1) is 17.5. The minimum absolute atomic E-state index is 0.0419. The van der Waals surface area contributed by atoms with Crippen molar-refractivity contribution in [3.63, 3.8) is 0 Å². The zero-order chi connectivity index (χ0) is 15.9. The summed E-state index contributed by atoms with van der Waals surface area (Å²) in [5, 5.41) is 10.8. The van der Waals surface area contributed by atoms with Crippen molar-refractivity contribution in [3.05, 3.63) is 34.1 Å². The van der Waals surface area contributed by atoms with E-state index in [0.29, 0.717) is 6.61 Å². The molecule has 0 saturated carbocycles. The molecule has 0 aliphatic carbocycles. The van der Waals surface area contributed by atoms with Crippen molar-refractivity contribution in [2.75, 3.05) is 19.8 Å². The first-order valence-corrected chi connectivity index (χ1v) is 7.88. The lowest BCUT2D eigenvalue weighted by Crippen LogP contribution is -2.28. The number of benzene rings is 1. The molecule has 0 aliphatic heterocycles. The topological polar surface area (TPSA) is 98.5 Å². The van der Waals surface area contributed by atoms with Crippen molar-refractivity contribution in [1.29, 1.82) is 0 Å². The molecule has 21 heavy (non-hydrogen) atoms. The van der Waals surface area contributed by atoms with Gasteiger partial charge < -0.3 is 4.74 Å². The first-order valence-electron chi connectivity index (χ1n) is 6.40. The van der Waals surface area contributed by atoms with Crippen molar-refractivity contribution in [1.82, 2.24) is 4.72 Å². The van der Waals surface area contributed by atoms with Crippen LogP contribution in [0.15, 0.2) is 23.1 Å². The van der Waals surface area contributed by atoms with Crippen molar-refractivity contribution in [2.24, 2.45) is 0 Å². The highest BCUT2D eigenvalue weighted by Gasteiger charge is 2.28. The van der Waals surface area contributed by atoms with Gasteiger partial charge in [-0.2, -0.15) is 4.39 Å². The number of hydrogen-bond acceptors (Lipinski definition) is 5. The number of nitrogens with one attached hydrogen (secondary N) is 1. The zero-order valence-corrected chi connectivity index (χ0v) is 12.4. The number of hydrogen-bond donors (Lipinski definition) is 1. The molecule has 0 bridgehead atoms. The molecule has 0 saturated heterocycles. The van der Waals surface area contributed by atoms with Crippen molar-refractivity contribution >= 4 is 15.7 Å². The fourth-order valence-electron chi connectivity index (χ4n) is 1.56. The van der Waals surface area contributed by atoms with Crippen molar-refractivity contribution < 1.29 is 22.5 Å². The molecular formula is C12H17FN2O5S. The lowest BCUT2D eigenvalue weighted by molar-refractivity contribution is -0.390. The summed E-state index contributed by atoms with van der Waals surface area (Å²) in [6.07, 6.45) is 1.82. The summed E-state index contributed by atoms with van der Waals surface area (Å²) in [5.41, 5.74) is -1.06. The van der Waals surface area contributed by atoms with Crippen LogP contribution in [0.5, 0.6) is 0 Å². The predicted octanol–water partition coefficient (Wildman–Crippen LogP) is 1.83. The number of para-hydroxylation sites is 1. The number of ether oxygens (including phenoxy) is 1. The molecule has 0 spiro atoms. The molecule has 0 radical (unpaired) electrons. The Kier molecular flexibility index (Phi) is 6.66.